The fraction of sp³-hybridized carbons (Fsp3) is 0.138. The Bertz CT molecular complexity index is 1490. The van der Waals surface area contributed by atoms with Gasteiger partial charge >= 0.3 is 5.97 Å². The summed E-state index contributed by atoms with van der Waals surface area (Å²) in [6.45, 7) is 4.15. The number of aliphatic hydroxyl groups is 1. The van der Waals surface area contributed by atoms with Gasteiger partial charge in [0.2, 0.25) is 0 Å². The van der Waals surface area contributed by atoms with E-state index in [1.54, 1.807) is 25.1 Å². The van der Waals surface area contributed by atoms with Crippen LogP contribution in [0.3, 0.4) is 0 Å². The molecule has 1 amide bonds. The third-order valence-electron chi connectivity index (χ3n) is 5.49. The Hall–Kier alpha value is -2.16. The third kappa shape index (κ3) is 7.53. The zero-order valence-corrected chi connectivity index (χ0v) is 27.6. The molecule has 0 saturated heterocycles. The molecule has 3 aromatic carbocycles. The van der Waals surface area contributed by atoms with Crippen molar-refractivity contribution >= 4 is 95.9 Å². The number of thioether (sulfide) groups is 1. The van der Waals surface area contributed by atoms with Crippen LogP contribution in [0.15, 0.2) is 86.4 Å². The van der Waals surface area contributed by atoms with Gasteiger partial charge in [0.05, 0.1) is 18.7 Å². The minimum Gasteiger partial charge on any atom is -0.506 e. The largest absolute Gasteiger partial charge is 0.506 e. The molecule has 0 spiro atoms. The molecule has 1 N–H and O–H groups in total. The molecule has 0 unspecified atom stereocenters. The molecule has 1 aliphatic rings. The van der Waals surface area contributed by atoms with E-state index in [2.05, 4.69) is 66.1 Å². The van der Waals surface area contributed by atoms with Crippen molar-refractivity contribution in [3.63, 3.8) is 0 Å². The zero-order valence-electron chi connectivity index (χ0n) is 20.8. The van der Waals surface area contributed by atoms with Crippen molar-refractivity contribution in [1.82, 2.24) is 0 Å². The first-order valence-electron chi connectivity index (χ1n) is 11.7. The number of aryl methyl sites for hydroxylation is 1. The predicted octanol–water partition coefficient (Wildman–Crippen LogP) is 8.25. The normalized spacial score (nSPS) is 15.2. The minimum atomic E-state index is -0.734. The number of benzene rings is 3. The summed E-state index contributed by atoms with van der Waals surface area (Å²) >= 11 is 8.92. The Labute approximate surface area is 266 Å². The second-order valence-corrected chi connectivity index (χ2v) is 12.6. The summed E-state index contributed by atoms with van der Waals surface area (Å²) in [6, 6.07) is 18.8. The second-order valence-electron chi connectivity index (χ2n) is 8.37. The van der Waals surface area contributed by atoms with E-state index >= 15 is 0 Å². The van der Waals surface area contributed by atoms with E-state index < -0.39 is 11.9 Å². The molecule has 1 aliphatic heterocycles. The minimum absolute atomic E-state index is 0.0987. The molecule has 0 atom stereocenters. The highest BCUT2D eigenvalue weighted by atomic mass is 127. The van der Waals surface area contributed by atoms with E-state index in [-0.39, 0.29) is 23.0 Å². The number of nitrogens with zero attached hydrogens (tertiary/aromatic N) is 1. The van der Waals surface area contributed by atoms with Crippen LogP contribution in [0.5, 0.6) is 5.75 Å². The standard InChI is InChI=1S/C29H22BrI2NO5S/c1-3-37-29(36)24-25(34)23(39-28(24)33-27(35)19-8-4-16(2)5-9-19)14-18-12-21(31)26(22(32)13-18)38-15-17-6-10-20(30)11-7-17/h4-14,34H,3,15H2,1-2H3/b23-14-,33-28?. The van der Waals surface area contributed by atoms with E-state index in [0.717, 1.165) is 45.8 Å². The molecule has 0 radical (unpaired) electrons. The van der Waals surface area contributed by atoms with Crippen LogP contribution in [0.25, 0.3) is 6.08 Å². The van der Waals surface area contributed by atoms with Crippen LogP contribution in [0.2, 0.25) is 0 Å². The Kier molecular flexibility index (Phi) is 10.3. The number of hydrogen-bond donors (Lipinski definition) is 1. The first kappa shape index (κ1) is 29.8. The van der Waals surface area contributed by atoms with Gasteiger partial charge in [0.1, 0.15) is 28.7 Å². The lowest BCUT2D eigenvalue weighted by Crippen LogP contribution is -2.14. The maximum Gasteiger partial charge on any atom is 0.344 e. The van der Waals surface area contributed by atoms with Gasteiger partial charge in [-0.05, 0) is 113 Å². The monoisotopic (exact) mass is 829 g/mol. The van der Waals surface area contributed by atoms with Gasteiger partial charge in [0, 0.05) is 10.0 Å². The Balaban J connectivity index is 1.62. The molecule has 0 aromatic heterocycles. The van der Waals surface area contributed by atoms with Crippen molar-refractivity contribution in [2.75, 3.05) is 6.61 Å². The van der Waals surface area contributed by atoms with Crippen LogP contribution in [0, 0.1) is 14.1 Å². The van der Waals surface area contributed by atoms with Gasteiger partial charge < -0.3 is 14.6 Å². The average molecular weight is 830 g/mol. The summed E-state index contributed by atoms with van der Waals surface area (Å²) in [4.78, 5) is 30.1. The van der Waals surface area contributed by atoms with Crippen molar-refractivity contribution in [3.05, 3.63) is 111 Å². The van der Waals surface area contributed by atoms with Crippen molar-refractivity contribution < 1.29 is 24.2 Å². The number of carbonyl (C=O) groups is 2. The van der Waals surface area contributed by atoms with Crippen LogP contribution >= 0.6 is 72.9 Å². The van der Waals surface area contributed by atoms with Gasteiger partial charge in [-0.25, -0.2) is 9.79 Å². The number of amides is 1. The van der Waals surface area contributed by atoms with Gasteiger partial charge in [-0.1, -0.05) is 57.5 Å². The Morgan fingerprint density at radius 2 is 1.69 bits per heavy atom. The van der Waals surface area contributed by atoms with E-state index in [0.29, 0.717) is 17.1 Å². The zero-order chi connectivity index (χ0) is 28.1. The first-order chi connectivity index (χ1) is 18.7. The van der Waals surface area contributed by atoms with Crippen LogP contribution in [-0.2, 0) is 16.1 Å². The molecule has 3 aromatic rings. The number of rotatable bonds is 7. The van der Waals surface area contributed by atoms with E-state index in [1.165, 1.54) is 0 Å². The molecule has 4 rings (SSSR count). The number of esters is 1. The smallest absolute Gasteiger partial charge is 0.344 e. The van der Waals surface area contributed by atoms with Crippen LogP contribution in [0.4, 0.5) is 0 Å². The molecule has 6 nitrogen and oxygen atoms in total. The molecule has 200 valence electrons. The molecule has 0 fully saturated rings. The summed E-state index contributed by atoms with van der Waals surface area (Å²) in [7, 11) is 0. The maximum atomic E-state index is 12.8. The third-order valence-corrected chi connectivity index (χ3v) is 8.64. The van der Waals surface area contributed by atoms with Gasteiger partial charge in [-0.2, -0.15) is 0 Å². The summed E-state index contributed by atoms with van der Waals surface area (Å²) < 4.78 is 14.0. The van der Waals surface area contributed by atoms with Crippen molar-refractivity contribution in [3.8, 4) is 5.75 Å². The molecular formula is C29H22BrI2NO5S. The van der Waals surface area contributed by atoms with E-state index in [4.69, 9.17) is 9.47 Å². The summed E-state index contributed by atoms with van der Waals surface area (Å²) in [5, 5.41) is 11.1. The van der Waals surface area contributed by atoms with Crippen molar-refractivity contribution in [2.24, 2.45) is 4.99 Å². The van der Waals surface area contributed by atoms with Crippen LogP contribution in [0.1, 0.15) is 34.0 Å². The lowest BCUT2D eigenvalue weighted by atomic mass is 10.1. The van der Waals surface area contributed by atoms with E-state index in [1.807, 2.05) is 55.5 Å². The lowest BCUT2D eigenvalue weighted by Gasteiger charge is -2.12. The van der Waals surface area contributed by atoms with E-state index in [9.17, 15) is 14.7 Å². The first-order valence-corrected chi connectivity index (χ1v) is 15.5. The number of aliphatic hydroxyl groups excluding tert-OH is 1. The van der Waals surface area contributed by atoms with Gasteiger partial charge in [0.25, 0.3) is 5.91 Å². The van der Waals surface area contributed by atoms with Crippen molar-refractivity contribution in [2.45, 2.75) is 20.5 Å². The Morgan fingerprint density at radius 3 is 2.31 bits per heavy atom. The SMILES string of the molecule is CCOC(=O)C1=C(O)/C(=C/c2cc(I)c(OCc3ccc(Br)cc3)c(I)c2)SC1=NC(=O)c1ccc(C)cc1. The molecule has 0 aliphatic carbocycles. The highest BCUT2D eigenvalue weighted by molar-refractivity contribution is 14.1. The van der Waals surface area contributed by atoms with Gasteiger partial charge in [-0.15, -0.1) is 0 Å². The predicted molar refractivity (Wildman–Crippen MR) is 175 cm³/mol. The average Bonchev–Trinajstić information content (AvgIpc) is 3.19. The number of carbonyl (C=O) groups excluding carboxylic acids is 2. The molecular weight excluding hydrogens is 808 g/mol. The quantitative estimate of drug-likeness (QED) is 0.191. The van der Waals surface area contributed by atoms with Crippen LogP contribution < -0.4 is 4.74 Å². The summed E-state index contributed by atoms with van der Waals surface area (Å²) in [6.07, 6.45) is 1.75. The molecule has 0 saturated carbocycles. The maximum absolute atomic E-state index is 12.8. The Morgan fingerprint density at radius 1 is 1.05 bits per heavy atom. The highest BCUT2D eigenvalue weighted by Gasteiger charge is 2.34. The fourth-order valence-electron chi connectivity index (χ4n) is 3.53. The fourth-order valence-corrected chi connectivity index (χ4v) is 6.94. The summed E-state index contributed by atoms with van der Waals surface area (Å²) in [5.41, 5.74) is 3.12. The molecule has 1 heterocycles. The summed E-state index contributed by atoms with van der Waals surface area (Å²) in [5.74, 6) is -0.750. The van der Waals surface area contributed by atoms with Crippen molar-refractivity contribution in [1.29, 1.82) is 0 Å². The topological polar surface area (TPSA) is 85.2 Å². The highest BCUT2D eigenvalue weighted by Crippen LogP contribution is 2.40. The van der Waals surface area contributed by atoms with Gasteiger partial charge in [-0.3, -0.25) is 4.79 Å². The molecule has 10 heteroatoms. The number of aliphatic imine (C=N–C) groups is 1. The molecule has 39 heavy (non-hydrogen) atoms. The number of ether oxygens (including phenoxy) is 2. The lowest BCUT2D eigenvalue weighted by molar-refractivity contribution is -0.138. The van der Waals surface area contributed by atoms with Crippen LogP contribution in [-0.4, -0.2) is 28.6 Å². The second kappa shape index (κ2) is 13.5. The van der Waals surface area contributed by atoms with Gasteiger partial charge in [0.15, 0.2) is 0 Å². The number of hydrogen-bond acceptors (Lipinski definition) is 6. The number of halogens is 3. The molecule has 0 bridgehead atoms.